The van der Waals surface area contributed by atoms with Crippen LogP contribution >= 0.6 is 11.8 Å². The van der Waals surface area contributed by atoms with Crippen molar-refractivity contribution >= 4 is 28.8 Å². The fourth-order valence-corrected chi connectivity index (χ4v) is 4.82. The minimum absolute atomic E-state index is 0.151. The number of hydrogen-bond donors (Lipinski definition) is 0. The lowest BCUT2D eigenvalue weighted by atomic mass is 9.96. The Balaban J connectivity index is 1.13. The predicted molar refractivity (Wildman–Crippen MR) is 122 cm³/mol. The van der Waals surface area contributed by atoms with Crippen LogP contribution in [-0.2, 0) is 11.3 Å². The highest BCUT2D eigenvalue weighted by Crippen LogP contribution is 2.26. The van der Waals surface area contributed by atoms with Gasteiger partial charge >= 0.3 is 0 Å². The van der Waals surface area contributed by atoms with Gasteiger partial charge in [-0.1, -0.05) is 54.2 Å². The molecular formula is C24H24N4O2S. The molecule has 1 aliphatic heterocycles. The quantitative estimate of drug-likeness (QED) is 0.413. The summed E-state index contributed by atoms with van der Waals surface area (Å²) < 4.78 is 7.94. The molecule has 1 amide bonds. The van der Waals surface area contributed by atoms with Gasteiger partial charge in [0.1, 0.15) is 11.3 Å². The van der Waals surface area contributed by atoms with Crippen LogP contribution in [0.15, 0.2) is 76.6 Å². The van der Waals surface area contributed by atoms with Crippen molar-refractivity contribution < 1.29 is 9.21 Å². The molecule has 5 rings (SSSR count). The Kier molecular flexibility index (Phi) is 5.76. The molecule has 1 saturated heterocycles. The highest BCUT2D eigenvalue weighted by Gasteiger charge is 2.24. The normalized spacial score (nSPS) is 14.9. The maximum atomic E-state index is 12.7. The van der Waals surface area contributed by atoms with Crippen LogP contribution in [0.5, 0.6) is 0 Å². The predicted octanol–water partition coefficient (Wildman–Crippen LogP) is 4.72. The number of thioether (sulfide) groups is 1. The highest BCUT2D eigenvalue weighted by molar-refractivity contribution is 7.99. The number of fused-ring (bicyclic) bond motifs is 1. The summed E-state index contributed by atoms with van der Waals surface area (Å²) in [6.07, 6.45) is 5.93. The second-order valence-electron chi connectivity index (χ2n) is 7.83. The van der Waals surface area contributed by atoms with Crippen molar-refractivity contribution in [3.8, 4) is 11.4 Å². The molecule has 0 aliphatic carbocycles. The van der Waals surface area contributed by atoms with Crippen molar-refractivity contribution in [2.24, 2.45) is 5.92 Å². The summed E-state index contributed by atoms with van der Waals surface area (Å²) in [5.41, 5.74) is 2.72. The smallest absolute Gasteiger partial charge is 0.257 e. The largest absolute Gasteiger partial charge is 0.431 e. The maximum absolute atomic E-state index is 12.7. The van der Waals surface area contributed by atoms with Gasteiger partial charge in [0.15, 0.2) is 5.58 Å². The molecule has 2 aromatic heterocycles. The lowest BCUT2D eigenvalue weighted by Crippen LogP contribution is -2.40. The van der Waals surface area contributed by atoms with Gasteiger partial charge in [-0.2, -0.15) is 0 Å². The molecule has 158 valence electrons. The lowest BCUT2D eigenvalue weighted by Gasteiger charge is -2.32. The van der Waals surface area contributed by atoms with Gasteiger partial charge in [-0.05, 0) is 30.9 Å². The van der Waals surface area contributed by atoms with E-state index in [1.54, 1.807) is 0 Å². The van der Waals surface area contributed by atoms with Crippen molar-refractivity contribution in [2.75, 3.05) is 18.8 Å². The third-order valence-electron chi connectivity index (χ3n) is 5.76. The first-order chi connectivity index (χ1) is 15.3. The first kappa shape index (κ1) is 19.9. The number of aromatic nitrogens is 3. The Morgan fingerprint density at radius 3 is 2.65 bits per heavy atom. The summed E-state index contributed by atoms with van der Waals surface area (Å²) in [5, 5.41) is 0.554. The third-order valence-corrected chi connectivity index (χ3v) is 6.58. The molecule has 0 spiro atoms. The molecule has 0 N–H and O–H groups in total. The van der Waals surface area contributed by atoms with E-state index in [0.717, 1.165) is 55.0 Å². The van der Waals surface area contributed by atoms with Gasteiger partial charge < -0.3 is 13.9 Å². The summed E-state index contributed by atoms with van der Waals surface area (Å²) in [6, 6.07) is 17.9. The van der Waals surface area contributed by atoms with Crippen molar-refractivity contribution in [3.63, 3.8) is 0 Å². The highest BCUT2D eigenvalue weighted by atomic mass is 32.2. The zero-order valence-electron chi connectivity index (χ0n) is 17.2. The van der Waals surface area contributed by atoms with Crippen LogP contribution in [0.25, 0.3) is 22.5 Å². The number of oxazole rings is 1. The number of hydrogen-bond acceptors (Lipinski definition) is 5. The van der Waals surface area contributed by atoms with Gasteiger partial charge in [0.25, 0.3) is 5.22 Å². The summed E-state index contributed by atoms with van der Waals surface area (Å²) in [4.78, 5) is 23.6. The van der Waals surface area contributed by atoms with Gasteiger partial charge in [-0.15, -0.1) is 0 Å². The van der Waals surface area contributed by atoms with E-state index in [1.165, 1.54) is 11.8 Å². The molecule has 2 aromatic carbocycles. The molecule has 0 bridgehead atoms. The standard InChI is InChI=1S/C24H24N4O2S/c29-22(17-31-24-26-20-8-4-5-9-21(20)30-24)27-13-10-18(11-14-27)16-28-15-12-25-23(28)19-6-2-1-3-7-19/h1-9,12,15,18H,10-11,13-14,16-17H2. The zero-order valence-corrected chi connectivity index (χ0v) is 18.0. The monoisotopic (exact) mass is 432 g/mol. The third kappa shape index (κ3) is 4.51. The van der Waals surface area contributed by atoms with E-state index >= 15 is 0 Å². The molecule has 1 aliphatic rings. The van der Waals surface area contributed by atoms with E-state index in [9.17, 15) is 4.79 Å². The van der Waals surface area contributed by atoms with Crippen LogP contribution < -0.4 is 0 Å². The number of likely N-dealkylation sites (tertiary alicyclic amines) is 1. The average Bonchev–Trinajstić information content (AvgIpc) is 3.45. The molecule has 6 nitrogen and oxygen atoms in total. The average molecular weight is 433 g/mol. The first-order valence-electron chi connectivity index (χ1n) is 10.6. The van der Waals surface area contributed by atoms with Gasteiger partial charge in [-0.3, -0.25) is 4.79 Å². The summed E-state index contributed by atoms with van der Waals surface area (Å²) in [6.45, 7) is 2.53. The van der Waals surface area contributed by atoms with Crippen LogP contribution in [0.2, 0.25) is 0 Å². The Bertz CT molecular complexity index is 1130. The number of piperidine rings is 1. The number of para-hydroxylation sites is 2. The number of benzene rings is 2. The van der Waals surface area contributed by atoms with Crippen molar-refractivity contribution in [1.29, 1.82) is 0 Å². The fourth-order valence-electron chi connectivity index (χ4n) is 4.07. The number of carbonyl (C=O) groups excluding carboxylic acids is 1. The van der Waals surface area contributed by atoms with E-state index in [4.69, 9.17) is 4.42 Å². The Morgan fingerprint density at radius 2 is 1.84 bits per heavy atom. The Labute approximate surface area is 185 Å². The number of imidazole rings is 1. The minimum atomic E-state index is 0.151. The van der Waals surface area contributed by atoms with Crippen LogP contribution in [0.4, 0.5) is 0 Å². The van der Waals surface area contributed by atoms with E-state index in [1.807, 2.05) is 53.6 Å². The van der Waals surface area contributed by atoms with Gasteiger partial charge in [-0.25, -0.2) is 9.97 Å². The molecule has 31 heavy (non-hydrogen) atoms. The van der Waals surface area contributed by atoms with Crippen LogP contribution in [0.1, 0.15) is 12.8 Å². The molecular weight excluding hydrogens is 408 g/mol. The van der Waals surface area contributed by atoms with Gasteiger partial charge in [0, 0.05) is 37.6 Å². The maximum Gasteiger partial charge on any atom is 0.257 e. The van der Waals surface area contributed by atoms with Crippen molar-refractivity contribution in [1.82, 2.24) is 19.4 Å². The number of amides is 1. The van der Waals surface area contributed by atoms with Crippen LogP contribution in [-0.4, -0.2) is 44.2 Å². The van der Waals surface area contributed by atoms with E-state index in [-0.39, 0.29) is 5.91 Å². The molecule has 4 aromatic rings. The summed E-state index contributed by atoms with van der Waals surface area (Å²) in [5.74, 6) is 2.06. The van der Waals surface area contributed by atoms with Gasteiger partial charge in [0.05, 0.1) is 5.75 Å². The molecule has 7 heteroatoms. The Hall–Kier alpha value is -3.06. The second kappa shape index (κ2) is 8.98. The molecule has 0 unspecified atom stereocenters. The van der Waals surface area contributed by atoms with E-state index in [2.05, 4.69) is 32.9 Å². The molecule has 0 radical (unpaired) electrons. The summed E-state index contributed by atoms with van der Waals surface area (Å²) in [7, 11) is 0. The van der Waals surface area contributed by atoms with E-state index < -0.39 is 0 Å². The SMILES string of the molecule is O=C(CSc1nc2ccccc2o1)N1CCC(Cn2ccnc2-c2ccccc2)CC1. The number of rotatable bonds is 6. The van der Waals surface area contributed by atoms with Crippen LogP contribution in [0, 0.1) is 5.92 Å². The summed E-state index contributed by atoms with van der Waals surface area (Å²) >= 11 is 1.37. The van der Waals surface area contributed by atoms with Crippen molar-refractivity contribution in [2.45, 2.75) is 24.6 Å². The second-order valence-corrected chi connectivity index (χ2v) is 8.76. The molecule has 1 fully saturated rings. The van der Waals surface area contributed by atoms with Crippen LogP contribution in [0.3, 0.4) is 0 Å². The molecule has 3 heterocycles. The topological polar surface area (TPSA) is 64.2 Å². The van der Waals surface area contributed by atoms with Gasteiger partial charge in [0.2, 0.25) is 5.91 Å². The van der Waals surface area contributed by atoms with E-state index in [0.29, 0.717) is 16.9 Å². The lowest BCUT2D eigenvalue weighted by molar-refractivity contribution is -0.129. The zero-order chi connectivity index (χ0) is 21.0. The molecule has 0 saturated carbocycles. The Morgan fingerprint density at radius 1 is 1.06 bits per heavy atom. The number of nitrogens with zero attached hydrogens (tertiary/aromatic N) is 4. The molecule has 0 atom stereocenters. The first-order valence-corrected chi connectivity index (χ1v) is 11.6. The fraction of sp³-hybridized carbons (Fsp3) is 0.292. The minimum Gasteiger partial charge on any atom is -0.431 e. The van der Waals surface area contributed by atoms with Crippen molar-refractivity contribution in [3.05, 3.63) is 67.0 Å². The number of carbonyl (C=O) groups is 1.